The Bertz CT molecular complexity index is 842. The highest BCUT2D eigenvalue weighted by Crippen LogP contribution is 2.29. The van der Waals surface area contributed by atoms with Gasteiger partial charge in [-0.15, -0.1) is 4.40 Å². The molecule has 0 saturated carbocycles. The number of halogens is 1. The third-order valence-electron chi connectivity index (χ3n) is 2.71. The molecule has 10 heteroatoms. The zero-order valence-electron chi connectivity index (χ0n) is 11.9. The van der Waals surface area contributed by atoms with Crippen LogP contribution in [0.4, 0.5) is 0 Å². The Morgan fingerprint density at radius 1 is 1.17 bits per heavy atom. The van der Waals surface area contributed by atoms with E-state index in [0.717, 1.165) is 14.2 Å². The van der Waals surface area contributed by atoms with Gasteiger partial charge in [-0.25, -0.2) is 9.59 Å². The lowest BCUT2D eigenvalue weighted by Crippen LogP contribution is -2.27. The lowest BCUT2D eigenvalue weighted by Gasteiger charge is -2.14. The lowest BCUT2D eigenvalue weighted by molar-refractivity contribution is -0.137. The van der Waals surface area contributed by atoms with Crippen LogP contribution in [0.15, 0.2) is 28.2 Å². The van der Waals surface area contributed by atoms with Crippen LogP contribution in [0.2, 0.25) is 5.02 Å². The van der Waals surface area contributed by atoms with Crippen molar-refractivity contribution in [2.75, 3.05) is 14.2 Å². The molecule has 8 nitrogen and oxygen atoms in total. The summed E-state index contributed by atoms with van der Waals surface area (Å²) < 4.78 is 40.9. The molecule has 0 atom stereocenters. The highest BCUT2D eigenvalue weighted by atomic mass is 35.5. The number of esters is 2. The van der Waals surface area contributed by atoms with E-state index in [0.29, 0.717) is 0 Å². The molecular weight excluding hydrogens is 350 g/mol. The van der Waals surface area contributed by atoms with E-state index in [-0.39, 0.29) is 16.3 Å². The van der Waals surface area contributed by atoms with Gasteiger partial charge in [-0.2, -0.15) is 8.42 Å². The topological polar surface area (TPSA) is 108 Å². The predicted octanol–water partition coefficient (Wildman–Crippen LogP) is 1.15. The van der Waals surface area contributed by atoms with E-state index in [1.807, 2.05) is 0 Å². The number of benzene rings is 1. The third kappa shape index (κ3) is 3.69. The van der Waals surface area contributed by atoms with Gasteiger partial charge in [-0.05, 0) is 24.3 Å². The molecule has 122 valence electrons. The molecule has 0 spiro atoms. The molecule has 0 fully saturated rings. The number of hydrogen-bond acceptors (Lipinski definition) is 7. The minimum Gasteiger partial charge on any atom is -0.465 e. The maximum Gasteiger partial charge on any atom is 0.429 e. The monoisotopic (exact) mass is 359 g/mol. The van der Waals surface area contributed by atoms with Gasteiger partial charge in [-0.3, -0.25) is 0 Å². The van der Waals surface area contributed by atoms with Crippen LogP contribution >= 0.6 is 11.6 Å². The second-order valence-corrected chi connectivity index (χ2v) is 5.82. The number of carbonyl (C=O) groups excluding carboxylic acids is 2. The zero-order chi connectivity index (χ0) is 17.2. The summed E-state index contributed by atoms with van der Waals surface area (Å²) in [7, 11) is -2.47. The Morgan fingerprint density at radius 3 is 2.43 bits per heavy atom. The van der Waals surface area contributed by atoms with E-state index < -0.39 is 33.5 Å². The van der Waals surface area contributed by atoms with Gasteiger partial charge in [0.1, 0.15) is 0 Å². The molecular formula is C13H10ClNO7S. The van der Waals surface area contributed by atoms with Gasteiger partial charge in [0, 0.05) is 10.6 Å². The Hall–Kier alpha value is -2.39. The number of nitrogens with zero attached hydrogens (tertiary/aromatic N) is 1. The van der Waals surface area contributed by atoms with Crippen LogP contribution in [0.3, 0.4) is 0 Å². The lowest BCUT2D eigenvalue weighted by atomic mass is 10.1. The fourth-order valence-corrected chi connectivity index (χ4v) is 2.73. The van der Waals surface area contributed by atoms with Crippen LogP contribution in [0.25, 0.3) is 6.08 Å². The Labute approximate surface area is 136 Å². The van der Waals surface area contributed by atoms with Crippen molar-refractivity contribution >= 4 is 45.6 Å². The van der Waals surface area contributed by atoms with Crippen molar-refractivity contribution < 1.29 is 31.7 Å². The molecule has 0 unspecified atom stereocenters. The summed E-state index contributed by atoms with van der Waals surface area (Å²) in [5.41, 5.74) is -1.02. The Morgan fingerprint density at radius 2 is 1.83 bits per heavy atom. The second-order valence-electron chi connectivity index (χ2n) is 4.17. The van der Waals surface area contributed by atoms with E-state index >= 15 is 0 Å². The summed E-state index contributed by atoms with van der Waals surface area (Å²) in [6.45, 7) is 0. The standard InChI is InChI=1S/C13H10ClNO7S/c1-20-12(16)9-6-7-5-8(14)3-4-10(7)22-23(18,19)15-11(9)13(17)21-2/h3-6H,1-2H3/b9-6+,15-11+. The first kappa shape index (κ1) is 17.0. The molecule has 0 N–H and O–H groups in total. The van der Waals surface area contributed by atoms with E-state index in [9.17, 15) is 18.0 Å². The summed E-state index contributed by atoms with van der Waals surface area (Å²) in [5.74, 6) is -2.22. The van der Waals surface area contributed by atoms with Crippen LogP contribution in [0.5, 0.6) is 5.75 Å². The Balaban J connectivity index is 2.80. The highest BCUT2D eigenvalue weighted by Gasteiger charge is 2.30. The molecule has 0 saturated heterocycles. The summed E-state index contributed by atoms with van der Waals surface area (Å²) in [4.78, 5) is 23.7. The molecule has 1 aromatic rings. The van der Waals surface area contributed by atoms with Crippen molar-refractivity contribution in [2.45, 2.75) is 0 Å². The maximum atomic E-state index is 11.9. The predicted molar refractivity (Wildman–Crippen MR) is 80.4 cm³/mol. The number of hydrogen-bond donors (Lipinski definition) is 0. The number of methoxy groups -OCH3 is 2. The molecule has 2 rings (SSSR count). The van der Waals surface area contributed by atoms with Crippen LogP contribution in [0.1, 0.15) is 5.56 Å². The first-order chi connectivity index (χ1) is 10.8. The molecule has 1 aliphatic heterocycles. The normalized spacial score (nSPS) is 20.3. The number of ether oxygens (including phenoxy) is 2. The van der Waals surface area contributed by atoms with Crippen molar-refractivity contribution in [3.05, 3.63) is 34.4 Å². The fourth-order valence-electron chi connectivity index (χ4n) is 1.73. The van der Waals surface area contributed by atoms with Gasteiger partial charge >= 0.3 is 22.2 Å². The molecule has 23 heavy (non-hydrogen) atoms. The van der Waals surface area contributed by atoms with Crippen molar-refractivity contribution in [2.24, 2.45) is 4.40 Å². The van der Waals surface area contributed by atoms with Crippen molar-refractivity contribution in [3.63, 3.8) is 0 Å². The molecule has 1 aromatic carbocycles. The average Bonchev–Trinajstić information content (AvgIpc) is 2.50. The first-order valence-corrected chi connectivity index (χ1v) is 7.74. The SMILES string of the molecule is COC(=O)C1=C/c2cc(Cl)ccc2OS(=O)(=O)/N=C\1C(=O)OC. The first-order valence-electron chi connectivity index (χ1n) is 6.00. The van der Waals surface area contributed by atoms with Gasteiger partial charge in [0.2, 0.25) is 0 Å². The van der Waals surface area contributed by atoms with Gasteiger partial charge in [-0.1, -0.05) is 11.6 Å². The minimum atomic E-state index is -4.55. The quantitative estimate of drug-likeness (QED) is 0.728. The molecule has 0 radical (unpaired) electrons. The number of rotatable bonds is 2. The van der Waals surface area contributed by atoms with Crippen LogP contribution in [0, 0.1) is 0 Å². The van der Waals surface area contributed by atoms with Crippen molar-refractivity contribution in [3.8, 4) is 5.75 Å². The van der Waals surface area contributed by atoms with Crippen LogP contribution in [-0.4, -0.2) is 40.3 Å². The third-order valence-corrected chi connectivity index (χ3v) is 3.74. The van der Waals surface area contributed by atoms with Crippen molar-refractivity contribution in [1.29, 1.82) is 0 Å². The molecule has 0 amide bonds. The van der Waals surface area contributed by atoms with Gasteiger partial charge in [0.25, 0.3) is 0 Å². The van der Waals surface area contributed by atoms with Gasteiger partial charge in [0.15, 0.2) is 11.5 Å². The Kier molecular flexibility index (Phi) is 4.71. The smallest absolute Gasteiger partial charge is 0.429 e. The summed E-state index contributed by atoms with van der Waals surface area (Å²) >= 11 is 5.86. The molecule has 0 bridgehead atoms. The minimum absolute atomic E-state index is 0.108. The highest BCUT2D eigenvalue weighted by molar-refractivity contribution is 7.86. The molecule has 1 aliphatic rings. The number of fused-ring (bicyclic) bond motifs is 1. The van der Waals surface area contributed by atoms with E-state index in [4.69, 9.17) is 15.8 Å². The van der Waals surface area contributed by atoms with E-state index in [1.54, 1.807) is 0 Å². The summed E-state index contributed by atoms with van der Waals surface area (Å²) in [6.07, 6.45) is 1.18. The van der Waals surface area contributed by atoms with Crippen LogP contribution in [-0.2, 0) is 29.4 Å². The second kappa shape index (κ2) is 6.39. The van der Waals surface area contributed by atoms with Crippen LogP contribution < -0.4 is 4.18 Å². The molecule has 1 heterocycles. The van der Waals surface area contributed by atoms with Gasteiger partial charge < -0.3 is 13.7 Å². The zero-order valence-corrected chi connectivity index (χ0v) is 13.5. The number of carbonyl (C=O) groups is 2. The summed E-state index contributed by atoms with van der Waals surface area (Å²) in [6, 6.07) is 4.04. The van der Waals surface area contributed by atoms with E-state index in [1.165, 1.54) is 24.3 Å². The maximum absolute atomic E-state index is 11.9. The largest absolute Gasteiger partial charge is 0.465 e. The van der Waals surface area contributed by atoms with E-state index in [2.05, 4.69) is 13.9 Å². The fraction of sp³-hybridized carbons (Fsp3) is 0.154. The molecule has 0 aliphatic carbocycles. The van der Waals surface area contributed by atoms with Crippen molar-refractivity contribution in [1.82, 2.24) is 0 Å². The van der Waals surface area contributed by atoms with Gasteiger partial charge in [0.05, 0.1) is 19.8 Å². The average molecular weight is 360 g/mol. The summed E-state index contributed by atoms with van der Waals surface area (Å²) in [5, 5.41) is 0.266. The molecule has 0 aromatic heterocycles.